The second-order valence-corrected chi connectivity index (χ2v) is 7.13. The second-order valence-electron chi connectivity index (χ2n) is 6.30. The number of fused-ring (bicyclic) bond motifs is 1. The van der Waals surface area contributed by atoms with Crippen LogP contribution >= 0.6 is 11.8 Å². The summed E-state index contributed by atoms with van der Waals surface area (Å²) in [6.45, 7) is 3.41. The van der Waals surface area contributed by atoms with Crippen LogP contribution in [0.25, 0.3) is 0 Å². The minimum absolute atomic E-state index is 0.226. The highest BCUT2D eigenvalue weighted by Crippen LogP contribution is 2.32. The molecule has 7 heteroatoms. The lowest BCUT2D eigenvalue weighted by atomic mass is 9.96. The Kier molecular flexibility index (Phi) is 3.88. The molecule has 122 valence electrons. The Labute approximate surface area is 140 Å². The van der Waals surface area contributed by atoms with Gasteiger partial charge in [0.1, 0.15) is 5.82 Å². The summed E-state index contributed by atoms with van der Waals surface area (Å²) in [7, 11) is 2.03. The maximum Gasteiger partial charge on any atom is 0.228 e. The van der Waals surface area contributed by atoms with Gasteiger partial charge in [0.2, 0.25) is 5.91 Å². The van der Waals surface area contributed by atoms with Gasteiger partial charge in [0.15, 0.2) is 5.17 Å². The monoisotopic (exact) mass is 331 g/mol. The fraction of sp³-hybridized carbons (Fsp3) is 0.562. The molecule has 1 atom stereocenters. The van der Waals surface area contributed by atoms with Gasteiger partial charge in [0.25, 0.3) is 0 Å². The maximum atomic E-state index is 12.7. The van der Waals surface area contributed by atoms with Crippen molar-refractivity contribution < 1.29 is 4.79 Å². The number of rotatable bonds is 3. The first kappa shape index (κ1) is 14.8. The molecule has 0 spiro atoms. The number of thioether (sulfide) groups is 1. The molecule has 1 aromatic rings. The lowest BCUT2D eigenvalue weighted by Gasteiger charge is -2.33. The van der Waals surface area contributed by atoms with E-state index in [-0.39, 0.29) is 5.91 Å². The van der Waals surface area contributed by atoms with E-state index in [0.29, 0.717) is 12.3 Å². The summed E-state index contributed by atoms with van der Waals surface area (Å²) in [4.78, 5) is 25.8. The molecule has 0 radical (unpaired) electrons. The Morgan fingerprint density at radius 1 is 1.43 bits per heavy atom. The Hall–Kier alpha value is -1.76. The van der Waals surface area contributed by atoms with Crippen LogP contribution in [0, 0.1) is 0 Å². The zero-order chi connectivity index (χ0) is 15.8. The van der Waals surface area contributed by atoms with Crippen LogP contribution in [0.3, 0.4) is 0 Å². The van der Waals surface area contributed by atoms with Crippen LogP contribution in [0.4, 0.5) is 0 Å². The molecule has 0 aromatic carbocycles. The van der Waals surface area contributed by atoms with Crippen molar-refractivity contribution in [3.63, 3.8) is 0 Å². The number of aromatic nitrogens is 2. The Balaban J connectivity index is 1.41. The first-order valence-electron chi connectivity index (χ1n) is 8.15. The highest BCUT2D eigenvalue weighted by Gasteiger charge is 2.31. The van der Waals surface area contributed by atoms with Gasteiger partial charge < -0.3 is 14.4 Å². The molecule has 6 nitrogen and oxygen atoms in total. The molecular formula is C16H21N5OS. The van der Waals surface area contributed by atoms with Gasteiger partial charge >= 0.3 is 0 Å². The van der Waals surface area contributed by atoms with Crippen molar-refractivity contribution in [3.8, 4) is 0 Å². The molecule has 1 fully saturated rings. The predicted molar refractivity (Wildman–Crippen MR) is 91.1 cm³/mol. The van der Waals surface area contributed by atoms with Crippen LogP contribution in [-0.4, -0.2) is 56.6 Å². The molecule has 0 N–H and O–H groups in total. The zero-order valence-electron chi connectivity index (χ0n) is 13.3. The van der Waals surface area contributed by atoms with Crippen LogP contribution in [0.15, 0.2) is 28.5 Å². The number of piperidine rings is 1. The number of carbonyl (C=O) groups is 1. The van der Waals surface area contributed by atoms with Crippen LogP contribution in [0.2, 0.25) is 0 Å². The molecule has 1 aromatic heterocycles. The summed E-state index contributed by atoms with van der Waals surface area (Å²) in [5.41, 5.74) is 1.11. The number of carbonyl (C=O) groups excluding carboxylic acids is 1. The number of amidine groups is 1. The number of hydrogen-bond acceptors (Lipinski definition) is 5. The predicted octanol–water partition coefficient (Wildman–Crippen LogP) is 1.78. The fourth-order valence-corrected chi connectivity index (χ4v) is 4.52. The topological polar surface area (TPSA) is 53.7 Å². The highest BCUT2D eigenvalue weighted by molar-refractivity contribution is 8.16. The average molecular weight is 331 g/mol. The van der Waals surface area contributed by atoms with Gasteiger partial charge in [-0.3, -0.25) is 9.79 Å². The van der Waals surface area contributed by atoms with Crippen molar-refractivity contribution in [2.45, 2.75) is 25.2 Å². The molecule has 0 aliphatic carbocycles. The minimum Gasteiger partial charge on any atom is -0.342 e. The zero-order valence-corrected chi connectivity index (χ0v) is 14.1. The van der Waals surface area contributed by atoms with Crippen molar-refractivity contribution in [2.24, 2.45) is 12.0 Å². The van der Waals surface area contributed by atoms with E-state index in [1.165, 1.54) is 0 Å². The number of likely N-dealkylation sites (tertiary alicyclic amines) is 1. The summed E-state index contributed by atoms with van der Waals surface area (Å²) in [6, 6.07) is 0. The number of imidazole rings is 1. The van der Waals surface area contributed by atoms with Crippen LogP contribution in [0.1, 0.15) is 31.0 Å². The smallest absolute Gasteiger partial charge is 0.228 e. The summed E-state index contributed by atoms with van der Waals surface area (Å²) < 4.78 is 2.07. The van der Waals surface area contributed by atoms with Gasteiger partial charge in [-0.15, -0.1) is 0 Å². The first-order chi connectivity index (χ1) is 11.2. The first-order valence-corrected chi connectivity index (χ1v) is 9.03. The van der Waals surface area contributed by atoms with Crippen molar-refractivity contribution in [3.05, 3.63) is 29.3 Å². The van der Waals surface area contributed by atoms with Crippen molar-refractivity contribution >= 4 is 22.8 Å². The van der Waals surface area contributed by atoms with Crippen LogP contribution < -0.4 is 0 Å². The number of aryl methyl sites for hydroxylation is 1. The maximum absolute atomic E-state index is 12.7. The van der Waals surface area contributed by atoms with Crippen LogP contribution in [-0.2, 0) is 11.8 Å². The molecule has 3 aliphatic rings. The van der Waals surface area contributed by atoms with Gasteiger partial charge in [-0.25, -0.2) is 4.98 Å². The number of amides is 1. The molecule has 1 amide bonds. The van der Waals surface area contributed by atoms with Gasteiger partial charge in [-0.05, 0) is 18.2 Å². The third kappa shape index (κ3) is 2.78. The quantitative estimate of drug-likeness (QED) is 0.847. The highest BCUT2D eigenvalue weighted by atomic mass is 32.2. The van der Waals surface area contributed by atoms with E-state index >= 15 is 0 Å². The molecule has 0 unspecified atom stereocenters. The van der Waals surface area contributed by atoms with Crippen molar-refractivity contribution in [1.82, 2.24) is 19.4 Å². The molecular weight excluding hydrogens is 310 g/mol. The van der Waals surface area contributed by atoms with Crippen molar-refractivity contribution in [2.75, 3.05) is 26.2 Å². The molecule has 0 bridgehead atoms. The van der Waals surface area contributed by atoms with E-state index in [1.807, 2.05) is 24.3 Å². The van der Waals surface area contributed by atoms with Gasteiger partial charge in [0.05, 0.1) is 13.0 Å². The largest absolute Gasteiger partial charge is 0.342 e. The number of aliphatic imine (C=N–C) groups is 1. The van der Waals surface area contributed by atoms with E-state index in [2.05, 4.69) is 24.9 Å². The Morgan fingerprint density at radius 3 is 3.17 bits per heavy atom. The third-order valence-corrected chi connectivity index (χ3v) is 5.73. The Bertz CT molecular complexity index is 680. The van der Waals surface area contributed by atoms with Crippen LogP contribution in [0.5, 0.6) is 0 Å². The molecule has 3 aliphatic heterocycles. The van der Waals surface area contributed by atoms with E-state index in [9.17, 15) is 4.79 Å². The molecule has 4 heterocycles. The summed E-state index contributed by atoms with van der Waals surface area (Å²) >= 11 is 1.64. The Morgan fingerprint density at radius 2 is 2.35 bits per heavy atom. The molecule has 23 heavy (non-hydrogen) atoms. The van der Waals surface area contributed by atoms with Gasteiger partial charge in [-0.1, -0.05) is 11.8 Å². The average Bonchev–Trinajstić information content (AvgIpc) is 3.26. The molecule has 4 rings (SSSR count). The standard InChI is InChI=1S/C16H21N5OS/c1-19-7-4-17-15(19)12-3-2-6-20(10-12)14(22)9-13-11-23-16-18-5-8-21(13)16/h4,7,11-12H,2-3,5-6,8-10H2,1H3/t12-/m0/s1. The number of hydrogen-bond donors (Lipinski definition) is 0. The SMILES string of the molecule is Cn1ccnc1[C@H]1CCCN(C(=O)CC2=CSC3=NCCN23)C1. The molecule has 0 saturated carbocycles. The van der Waals surface area contributed by atoms with Gasteiger partial charge in [-0.2, -0.15) is 0 Å². The normalized spacial score (nSPS) is 23.8. The molecule has 1 saturated heterocycles. The van der Waals surface area contributed by atoms with Crippen molar-refractivity contribution in [1.29, 1.82) is 0 Å². The van der Waals surface area contributed by atoms with E-state index in [0.717, 1.165) is 55.7 Å². The van der Waals surface area contributed by atoms with E-state index in [1.54, 1.807) is 11.8 Å². The second kappa shape index (κ2) is 6.03. The minimum atomic E-state index is 0.226. The van der Waals surface area contributed by atoms with Gasteiger partial charge in [0, 0.05) is 50.7 Å². The fourth-order valence-electron chi connectivity index (χ4n) is 3.57. The summed E-state index contributed by atoms with van der Waals surface area (Å²) in [5.74, 6) is 1.67. The van der Waals surface area contributed by atoms with E-state index < -0.39 is 0 Å². The summed E-state index contributed by atoms with van der Waals surface area (Å²) in [6.07, 6.45) is 6.46. The summed E-state index contributed by atoms with van der Waals surface area (Å²) in [5, 5.41) is 3.13. The number of nitrogens with zero attached hydrogens (tertiary/aromatic N) is 5. The lowest BCUT2D eigenvalue weighted by Crippen LogP contribution is -2.40. The third-order valence-electron chi connectivity index (χ3n) is 4.78. The van der Waals surface area contributed by atoms with E-state index in [4.69, 9.17) is 0 Å². The lowest BCUT2D eigenvalue weighted by molar-refractivity contribution is -0.131.